The topological polar surface area (TPSA) is 79.4 Å². The molecule has 0 bridgehead atoms. The number of pyridine rings is 1. The van der Waals surface area contributed by atoms with Gasteiger partial charge in [0, 0.05) is 38.6 Å². The van der Waals surface area contributed by atoms with E-state index in [-0.39, 0.29) is 38.6 Å². The number of rotatable bonds is 12. The van der Waals surface area contributed by atoms with Crippen molar-refractivity contribution in [2.45, 2.75) is 56.3 Å². The zero-order valence-electron chi connectivity index (χ0n) is 20.3. The molecule has 2 aromatic rings. The summed E-state index contributed by atoms with van der Waals surface area (Å²) >= 11 is 3.51. The summed E-state index contributed by atoms with van der Waals surface area (Å²) in [5.74, 6) is 1.27. The number of methoxy groups -OCH3 is 2. The number of benzene rings is 1. The minimum absolute atomic E-state index is 0.0314. The van der Waals surface area contributed by atoms with Crippen molar-refractivity contribution in [3.63, 3.8) is 0 Å². The van der Waals surface area contributed by atoms with Gasteiger partial charge in [0.2, 0.25) is 0 Å². The molecule has 2 heterocycles. The van der Waals surface area contributed by atoms with Crippen LogP contribution in [-0.2, 0) is 25.4 Å². The Kier molecular flexibility index (Phi) is 8.99. The maximum absolute atomic E-state index is 13.4. The first-order valence-corrected chi connectivity index (χ1v) is 12.8. The lowest BCUT2D eigenvalue weighted by atomic mass is 9.78. The van der Waals surface area contributed by atoms with Crippen LogP contribution in [0.5, 0.6) is 11.5 Å². The van der Waals surface area contributed by atoms with E-state index in [9.17, 15) is 4.79 Å². The number of carbonyl (C=O) groups excluding carboxylic acids is 1. The minimum Gasteiger partial charge on any atom is -0.490 e. The molecule has 1 aliphatic carbocycles. The van der Waals surface area contributed by atoms with E-state index in [1.165, 1.54) is 26.4 Å². The Morgan fingerprint density at radius 3 is 2.66 bits per heavy atom. The molecular weight excluding hydrogens is 516 g/mol. The Hall–Kier alpha value is -2.20. The molecule has 2 atom stereocenters. The number of hydrogen-bond acceptors (Lipinski definition) is 7. The van der Waals surface area contributed by atoms with Gasteiger partial charge in [-0.05, 0) is 59.8 Å². The van der Waals surface area contributed by atoms with E-state index in [4.69, 9.17) is 23.7 Å². The van der Waals surface area contributed by atoms with Crippen LogP contribution in [0.4, 0.5) is 0 Å². The first-order chi connectivity index (χ1) is 17.1. The Labute approximate surface area is 215 Å². The third-order valence-corrected chi connectivity index (χ3v) is 7.22. The zero-order chi connectivity index (χ0) is 24.7. The van der Waals surface area contributed by atoms with E-state index in [0.29, 0.717) is 11.4 Å². The number of aromatic nitrogens is 1. The quantitative estimate of drug-likeness (QED) is 0.288. The average molecular weight is 549 g/mol. The van der Waals surface area contributed by atoms with Crippen LogP contribution < -0.4 is 9.47 Å². The highest BCUT2D eigenvalue weighted by Crippen LogP contribution is 2.39. The number of hydrogen-bond donors (Lipinski definition) is 0. The number of para-hydroxylation sites is 1. The Balaban J connectivity index is 1.55. The summed E-state index contributed by atoms with van der Waals surface area (Å²) in [5.41, 5.74) is -0.475. The fourth-order valence-electron chi connectivity index (χ4n) is 4.79. The highest BCUT2D eigenvalue weighted by molar-refractivity contribution is 9.10. The lowest BCUT2D eigenvalue weighted by Gasteiger charge is -2.54. The monoisotopic (exact) mass is 548 g/mol. The Morgan fingerprint density at radius 2 is 1.91 bits per heavy atom. The second kappa shape index (κ2) is 12.2. The summed E-state index contributed by atoms with van der Waals surface area (Å²) in [7, 11) is 3.09. The van der Waals surface area contributed by atoms with Gasteiger partial charge in [-0.2, -0.15) is 0 Å². The molecule has 2 aliphatic rings. The lowest BCUT2D eigenvalue weighted by Crippen LogP contribution is -2.77. The van der Waals surface area contributed by atoms with Gasteiger partial charge in [-0.15, -0.1) is 0 Å². The number of amides is 1. The molecule has 1 amide bonds. The fourth-order valence-corrected chi connectivity index (χ4v) is 5.19. The summed E-state index contributed by atoms with van der Waals surface area (Å²) in [5, 5.41) is 0. The van der Waals surface area contributed by atoms with Crippen LogP contribution in [0.3, 0.4) is 0 Å². The van der Waals surface area contributed by atoms with Gasteiger partial charge in [0.05, 0.1) is 10.6 Å². The largest absolute Gasteiger partial charge is 0.490 e. The highest BCUT2D eigenvalue weighted by Gasteiger charge is 2.62. The normalized spacial score (nSPS) is 22.7. The molecule has 9 heteroatoms. The first kappa shape index (κ1) is 25.9. The SMILES string of the molecule is COCO[C@@]1(Cc2cc(OC3CCCCC3)ccn2)C(=O)N(COC)[C@H]1COc1ccccc1Br. The number of β-lactam (4-membered cyclic amide) rings is 1. The number of likely N-dealkylation sites (tertiary alicyclic amines) is 1. The Bertz CT molecular complexity index is 986. The van der Waals surface area contributed by atoms with Crippen molar-refractivity contribution >= 4 is 21.8 Å². The zero-order valence-corrected chi connectivity index (χ0v) is 21.9. The molecule has 1 aromatic heterocycles. The van der Waals surface area contributed by atoms with Gasteiger partial charge >= 0.3 is 0 Å². The number of carbonyl (C=O) groups is 1. The third kappa shape index (κ3) is 5.97. The Morgan fingerprint density at radius 1 is 1.11 bits per heavy atom. The van der Waals surface area contributed by atoms with Gasteiger partial charge in [0.15, 0.2) is 5.60 Å². The predicted molar refractivity (Wildman–Crippen MR) is 133 cm³/mol. The van der Waals surface area contributed by atoms with Gasteiger partial charge in [-0.25, -0.2) is 0 Å². The number of ether oxygens (including phenoxy) is 5. The molecule has 8 nitrogen and oxygen atoms in total. The molecule has 1 aromatic carbocycles. The molecule has 190 valence electrons. The summed E-state index contributed by atoms with van der Waals surface area (Å²) in [6.45, 7) is 0.329. The highest BCUT2D eigenvalue weighted by atomic mass is 79.9. The maximum Gasteiger partial charge on any atom is 0.259 e. The molecule has 2 fully saturated rings. The van der Waals surface area contributed by atoms with Crippen LogP contribution in [0.2, 0.25) is 0 Å². The molecule has 4 rings (SSSR count). The maximum atomic E-state index is 13.4. The molecule has 0 unspecified atom stereocenters. The van der Waals surface area contributed by atoms with Crippen molar-refractivity contribution in [2.75, 3.05) is 34.4 Å². The lowest BCUT2D eigenvalue weighted by molar-refractivity contribution is -0.236. The third-order valence-electron chi connectivity index (χ3n) is 6.56. The molecule has 0 N–H and O–H groups in total. The summed E-state index contributed by atoms with van der Waals surface area (Å²) in [4.78, 5) is 19.6. The van der Waals surface area contributed by atoms with Gasteiger partial charge in [0.1, 0.15) is 37.7 Å². The smallest absolute Gasteiger partial charge is 0.259 e. The van der Waals surface area contributed by atoms with Crippen LogP contribution in [0.15, 0.2) is 47.1 Å². The minimum atomic E-state index is -1.19. The second-order valence-corrected chi connectivity index (χ2v) is 9.78. The van der Waals surface area contributed by atoms with E-state index in [2.05, 4.69) is 20.9 Å². The van der Waals surface area contributed by atoms with Gasteiger partial charge in [-0.1, -0.05) is 18.6 Å². The first-order valence-electron chi connectivity index (χ1n) is 12.0. The number of nitrogens with zero attached hydrogens (tertiary/aromatic N) is 2. The second-order valence-electron chi connectivity index (χ2n) is 8.93. The summed E-state index contributed by atoms with van der Waals surface area (Å²) < 4.78 is 29.7. The van der Waals surface area contributed by atoms with E-state index in [1.807, 2.05) is 36.4 Å². The summed E-state index contributed by atoms with van der Waals surface area (Å²) in [6.07, 6.45) is 8.00. The molecule has 0 radical (unpaired) electrons. The molecule has 1 aliphatic heterocycles. The molecule has 35 heavy (non-hydrogen) atoms. The number of halogens is 1. The average Bonchev–Trinajstić information content (AvgIpc) is 2.88. The molecular formula is C26H33BrN2O6. The van der Waals surface area contributed by atoms with Crippen molar-refractivity contribution in [1.29, 1.82) is 0 Å². The van der Waals surface area contributed by atoms with Crippen molar-refractivity contribution in [2.24, 2.45) is 0 Å². The van der Waals surface area contributed by atoms with Crippen LogP contribution in [0, 0.1) is 0 Å². The van der Waals surface area contributed by atoms with Crippen molar-refractivity contribution in [3.8, 4) is 11.5 Å². The fraction of sp³-hybridized carbons (Fsp3) is 0.538. The van der Waals surface area contributed by atoms with E-state index < -0.39 is 11.6 Å². The van der Waals surface area contributed by atoms with Crippen molar-refractivity contribution in [1.82, 2.24) is 9.88 Å². The van der Waals surface area contributed by atoms with Crippen molar-refractivity contribution < 1.29 is 28.5 Å². The van der Waals surface area contributed by atoms with Crippen LogP contribution >= 0.6 is 15.9 Å². The van der Waals surface area contributed by atoms with Gasteiger partial charge in [-0.3, -0.25) is 9.78 Å². The summed E-state index contributed by atoms with van der Waals surface area (Å²) in [6, 6.07) is 11.0. The van der Waals surface area contributed by atoms with E-state index >= 15 is 0 Å². The predicted octanol–water partition coefficient (Wildman–Crippen LogP) is 4.35. The van der Waals surface area contributed by atoms with E-state index in [1.54, 1.807) is 18.2 Å². The van der Waals surface area contributed by atoms with Crippen LogP contribution in [-0.4, -0.2) is 67.9 Å². The van der Waals surface area contributed by atoms with Crippen LogP contribution in [0.1, 0.15) is 37.8 Å². The molecule has 1 saturated carbocycles. The van der Waals surface area contributed by atoms with Crippen molar-refractivity contribution in [3.05, 3.63) is 52.8 Å². The van der Waals surface area contributed by atoms with Crippen LogP contribution in [0.25, 0.3) is 0 Å². The van der Waals surface area contributed by atoms with Gasteiger partial charge < -0.3 is 28.6 Å². The van der Waals surface area contributed by atoms with Gasteiger partial charge in [0.25, 0.3) is 5.91 Å². The molecule has 1 saturated heterocycles. The molecule has 0 spiro atoms. The van der Waals surface area contributed by atoms with E-state index in [0.717, 1.165) is 23.1 Å². The standard InChI is InChI=1S/C26H33BrN2O6/c1-31-17-29-24(16-33-23-11-7-6-10-22(23)27)26(25(29)30,34-18-32-2)15-19-14-21(12-13-28-19)35-20-8-4-3-5-9-20/h6-7,10-14,20,24H,3-5,8-9,15-18H2,1-2H3/t24-,26+/m0/s1.